The number of aryl methyl sites for hydroxylation is 2. The lowest BCUT2D eigenvalue weighted by atomic mass is 10.1. The number of hydrogen-bond donors (Lipinski definition) is 1. The Bertz CT molecular complexity index is 585. The number of anilines is 1. The molecule has 5 heteroatoms. The van der Waals surface area contributed by atoms with E-state index < -0.39 is 0 Å². The highest BCUT2D eigenvalue weighted by Crippen LogP contribution is 2.08. The third kappa shape index (κ3) is 3.58. The zero-order valence-corrected chi connectivity index (χ0v) is 11.1. The zero-order chi connectivity index (χ0) is 13.8. The summed E-state index contributed by atoms with van der Waals surface area (Å²) in [6, 6.07) is 8.01. The first-order valence-corrected chi connectivity index (χ1v) is 5.93. The van der Waals surface area contributed by atoms with E-state index in [1.807, 2.05) is 26.8 Å². The molecule has 1 N–H and O–H groups in total. The summed E-state index contributed by atoms with van der Waals surface area (Å²) in [6.45, 7) is 5.58. The van der Waals surface area contributed by atoms with Gasteiger partial charge in [0.25, 0.3) is 0 Å². The minimum atomic E-state index is -0.258. The Morgan fingerprint density at radius 2 is 1.84 bits per heavy atom. The minimum absolute atomic E-state index is 0.258. The van der Waals surface area contributed by atoms with Crippen LogP contribution in [0.1, 0.15) is 24.0 Å². The maximum Gasteiger partial charge on any atom is 0.150 e. The van der Waals surface area contributed by atoms with Gasteiger partial charge >= 0.3 is 0 Å². The van der Waals surface area contributed by atoms with Crippen LogP contribution in [0.4, 0.5) is 10.2 Å². The SMILES string of the molecule is C/C(=N\Nc1cc(C)nc(C)n1)c1ccc(F)cc1. The molecule has 19 heavy (non-hydrogen) atoms. The molecule has 2 aromatic rings. The maximum absolute atomic E-state index is 12.8. The summed E-state index contributed by atoms with van der Waals surface area (Å²) in [5.74, 6) is 1.08. The van der Waals surface area contributed by atoms with Crippen LogP contribution in [0.2, 0.25) is 0 Å². The molecule has 4 nitrogen and oxygen atoms in total. The molecular formula is C14H15FN4. The molecule has 0 atom stereocenters. The van der Waals surface area contributed by atoms with Crippen molar-refractivity contribution >= 4 is 11.5 Å². The fourth-order valence-corrected chi connectivity index (χ4v) is 1.67. The molecule has 98 valence electrons. The standard InChI is InChI=1S/C14H15FN4/c1-9-8-14(17-11(3)16-9)19-18-10(2)12-4-6-13(15)7-5-12/h4-8H,1-3H3,(H,16,17,19)/b18-10+. The first kappa shape index (κ1) is 13.1. The van der Waals surface area contributed by atoms with Crippen LogP contribution < -0.4 is 5.43 Å². The largest absolute Gasteiger partial charge is 0.261 e. The van der Waals surface area contributed by atoms with Crippen molar-refractivity contribution < 1.29 is 4.39 Å². The number of benzene rings is 1. The molecule has 1 heterocycles. The van der Waals surface area contributed by atoms with Gasteiger partial charge in [-0.15, -0.1) is 0 Å². The summed E-state index contributed by atoms with van der Waals surface area (Å²) in [4.78, 5) is 8.41. The second-order valence-electron chi connectivity index (χ2n) is 4.26. The van der Waals surface area contributed by atoms with Crippen LogP contribution in [0.3, 0.4) is 0 Å². The van der Waals surface area contributed by atoms with Crippen molar-refractivity contribution in [2.45, 2.75) is 20.8 Å². The normalized spacial score (nSPS) is 11.5. The molecule has 0 spiro atoms. The monoisotopic (exact) mass is 258 g/mol. The van der Waals surface area contributed by atoms with E-state index in [4.69, 9.17) is 0 Å². The van der Waals surface area contributed by atoms with Crippen molar-refractivity contribution in [3.63, 3.8) is 0 Å². The first-order valence-electron chi connectivity index (χ1n) is 5.93. The second-order valence-corrected chi connectivity index (χ2v) is 4.26. The quantitative estimate of drug-likeness (QED) is 0.680. The van der Waals surface area contributed by atoms with Crippen molar-refractivity contribution in [3.8, 4) is 0 Å². The van der Waals surface area contributed by atoms with Crippen molar-refractivity contribution in [1.29, 1.82) is 0 Å². The highest BCUT2D eigenvalue weighted by atomic mass is 19.1. The molecule has 0 aliphatic heterocycles. The van der Waals surface area contributed by atoms with Gasteiger partial charge in [-0.1, -0.05) is 12.1 Å². The molecule has 0 aliphatic carbocycles. The summed E-state index contributed by atoms with van der Waals surface area (Å²) < 4.78 is 12.8. The average Bonchev–Trinajstić information content (AvgIpc) is 2.36. The Hall–Kier alpha value is -2.30. The Morgan fingerprint density at radius 3 is 2.47 bits per heavy atom. The van der Waals surface area contributed by atoms with Crippen molar-refractivity contribution in [3.05, 3.63) is 53.2 Å². The van der Waals surface area contributed by atoms with E-state index >= 15 is 0 Å². The molecule has 0 radical (unpaired) electrons. The topological polar surface area (TPSA) is 50.2 Å². The van der Waals surface area contributed by atoms with Gasteiger partial charge in [0.2, 0.25) is 0 Å². The Kier molecular flexibility index (Phi) is 3.85. The van der Waals surface area contributed by atoms with Gasteiger partial charge < -0.3 is 0 Å². The average molecular weight is 258 g/mol. The van der Waals surface area contributed by atoms with Gasteiger partial charge in [0.05, 0.1) is 5.71 Å². The van der Waals surface area contributed by atoms with Gasteiger partial charge in [0.1, 0.15) is 17.5 Å². The summed E-state index contributed by atoms with van der Waals surface area (Å²) >= 11 is 0. The van der Waals surface area contributed by atoms with Gasteiger partial charge in [-0.05, 0) is 38.5 Å². The van der Waals surface area contributed by atoms with Crippen LogP contribution in [0.5, 0.6) is 0 Å². The Balaban J connectivity index is 2.15. The fourth-order valence-electron chi connectivity index (χ4n) is 1.67. The van der Waals surface area contributed by atoms with Gasteiger partial charge in [0, 0.05) is 11.8 Å². The highest BCUT2D eigenvalue weighted by molar-refractivity contribution is 5.98. The molecule has 2 rings (SSSR count). The smallest absolute Gasteiger partial charge is 0.150 e. The second kappa shape index (κ2) is 5.56. The summed E-state index contributed by atoms with van der Waals surface area (Å²) in [6.07, 6.45) is 0. The summed E-state index contributed by atoms with van der Waals surface area (Å²) in [5, 5.41) is 4.23. The van der Waals surface area contributed by atoms with Crippen LogP contribution in [-0.2, 0) is 0 Å². The van der Waals surface area contributed by atoms with Crippen LogP contribution in [0.25, 0.3) is 0 Å². The van der Waals surface area contributed by atoms with E-state index in [9.17, 15) is 4.39 Å². The summed E-state index contributed by atoms with van der Waals surface area (Å²) in [5.41, 5.74) is 5.38. The zero-order valence-electron chi connectivity index (χ0n) is 11.1. The number of rotatable bonds is 3. The lowest BCUT2D eigenvalue weighted by Gasteiger charge is -2.04. The number of hydrazone groups is 1. The fraction of sp³-hybridized carbons (Fsp3) is 0.214. The highest BCUT2D eigenvalue weighted by Gasteiger charge is 2.00. The lowest BCUT2D eigenvalue weighted by Crippen LogP contribution is -2.02. The van der Waals surface area contributed by atoms with Gasteiger partial charge in [-0.2, -0.15) is 5.10 Å². The molecule has 1 aromatic heterocycles. The van der Waals surface area contributed by atoms with Gasteiger partial charge in [-0.3, -0.25) is 5.43 Å². The van der Waals surface area contributed by atoms with Crippen molar-refractivity contribution in [2.24, 2.45) is 5.10 Å². The van der Waals surface area contributed by atoms with Crippen LogP contribution >= 0.6 is 0 Å². The number of nitrogens with one attached hydrogen (secondary N) is 1. The van der Waals surface area contributed by atoms with Crippen LogP contribution in [0, 0.1) is 19.7 Å². The number of aromatic nitrogens is 2. The molecule has 0 amide bonds. The molecule has 1 aromatic carbocycles. The molecule has 0 fully saturated rings. The molecule has 0 aliphatic rings. The van der Waals surface area contributed by atoms with E-state index in [1.54, 1.807) is 12.1 Å². The predicted octanol–water partition coefficient (Wildman–Crippen LogP) is 3.07. The van der Waals surface area contributed by atoms with E-state index in [0.29, 0.717) is 11.6 Å². The maximum atomic E-state index is 12.8. The molecule has 0 unspecified atom stereocenters. The van der Waals surface area contributed by atoms with Gasteiger partial charge in [0.15, 0.2) is 0 Å². The van der Waals surface area contributed by atoms with E-state index in [0.717, 1.165) is 17.0 Å². The van der Waals surface area contributed by atoms with Crippen LogP contribution in [-0.4, -0.2) is 15.7 Å². The lowest BCUT2D eigenvalue weighted by molar-refractivity contribution is 0.628. The first-order chi connectivity index (χ1) is 9.04. The van der Waals surface area contributed by atoms with Gasteiger partial charge in [-0.25, -0.2) is 14.4 Å². The predicted molar refractivity (Wildman–Crippen MR) is 73.7 cm³/mol. The number of halogens is 1. The Morgan fingerprint density at radius 1 is 1.16 bits per heavy atom. The Labute approximate surface area is 111 Å². The van der Waals surface area contributed by atoms with Crippen LogP contribution in [0.15, 0.2) is 35.4 Å². The number of nitrogens with zero attached hydrogens (tertiary/aromatic N) is 3. The number of hydrogen-bond acceptors (Lipinski definition) is 4. The molecular weight excluding hydrogens is 243 g/mol. The molecule has 0 saturated heterocycles. The molecule has 0 saturated carbocycles. The van der Waals surface area contributed by atoms with E-state index in [1.165, 1.54) is 12.1 Å². The third-order valence-corrected chi connectivity index (χ3v) is 2.57. The van der Waals surface area contributed by atoms with E-state index in [2.05, 4.69) is 20.5 Å². The van der Waals surface area contributed by atoms with E-state index in [-0.39, 0.29) is 5.82 Å². The van der Waals surface area contributed by atoms with Crippen molar-refractivity contribution in [1.82, 2.24) is 9.97 Å². The summed E-state index contributed by atoms with van der Waals surface area (Å²) in [7, 11) is 0. The molecule has 0 bridgehead atoms. The van der Waals surface area contributed by atoms with Crippen molar-refractivity contribution in [2.75, 3.05) is 5.43 Å². The minimum Gasteiger partial charge on any atom is -0.261 e. The third-order valence-electron chi connectivity index (χ3n) is 2.57.